The first-order valence-electron chi connectivity index (χ1n) is 8.81. The molecule has 0 unspecified atom stereocenters. The summed E-state index contributed by atoms with van der Waals surface area (Å²) in [5.74, 6) is -1.25. The van der Waals surface area contributed by atoms with E-state index < -0.39 is 11.7 Å². The SMILES string of the molecule is O=C1c2c(O)cccc2C(C(=O)C2CCCCC2)c2cccc(O)c21. The molecular weight excluding hydrogens is 316 g/mol. The van der Waals surface area contributed by atoms with E-state index >= 15 is 0 Å². The Labute approximate surface area is 146 Å². The molecule has 0 heterocycles. The van der Waals surface area contributed by atoms with Crippen LogP contribution in [-0.2, 0) is 4.79 Å². The van der Waals surface area contributed by atoms with E-state index in [1.54, 1.807) is 24.3 Å². The lowest BCUT2D eigenvalue weighted by atomic mass is 9.70. The Hall–Kier alpha value is -2.62. The molecule has 4 rings (SSSR count). The molecule has 0 amide bonds. The van der Waals surface area contributed by atoms with E-state index in [0.717, 1.165) is 32.1 Å². The molecule has 25 heavy (non-hydrogen) atoms. The average molecular weight is 336 g/mol. The van der Waals surface area contributed by atoms with Gasteiger partial charge in [0.25, 0.3) is 0 Å². The van der Waals surface area contributed by atoms with E-state index in [4.69, 9.17) is 0 Å². The van der Waals surface area contributed by atoms with Crippen molar-refractivity contribution in [2.45, 2.75) is 38.0 Å². The molecule has 2 N–H and O–H groups in total. The third-order valence-corrected chi connectivity index (χ3v) is 5.52. The minimum absolute atomic E-state index is 0.0302. The smallest absolute Gasteiger partial charge is 0.201 e. The van der Waals surface area contributed by atoms with E-state index in [0.29, 0.717) is 11.1 Å². The zero-order chi connectivity index (χ0) is 17.6. The van der Waals surface area contributed by atoms with Gasteiger partial charge in [-0.1, -0.05) is 43.5 Å². The highest BCUT2D eigenvalue weighted by atomic mass is 16.3. The molecule has 2 aliphatic carbocycles. The van der Waals surface area contributed by atoms with Crippen LogP contribution >= 0.6 is 0 Å². The number of carbonyl (C=O) groups is 2. The van der Waals surface area contributed by atoms with Crippen molar-refractivity contribution in [3.05, 3.63) is 58.7 Å². The van der Waals surface area contributed by atoms with Crippen molar-refractivity contribution in [1.29, 1.82) is 0 Å². The van der Waals surface area contributed by atoms with E-state index in [1.165, 1.54) is 12.1 Å². The van der Waals surface area contributed by atoms with Crippen LogP contribution in [0.1, 0.15) is 65.1 Å². The topological polar surface area (TPSA) is 74.6 Å². The lowest BCUT2D eigenvalue weighted by Gasteiger charge is -2.31. The first-order valence-corrected chi connectivity index (χ1v) is 8.81. The standard InChI is InChI=1S/C21H20O4/c22-15-10-4-8-13-17(20(24)12-6-2-1-3-7-12)14-9-5-11-16(23)19(14)21(25)18(13)15/h4-5,8-12,17,22-23H,1-3,6-7H2. The second-order valence-electron chi connectivity index (χ2n) is 6.98. The summed E-state index contributed by atoms with van der Waals surface area (Å²) in [4.78, 5) is 26.2. The van der Waals surface area contributed by atoms with Crippen LogP contribution in [-0.4, -0.2) is 21.8 Å². The van der Waals surface area contributed by atoms with Crippen molar-refractivity contribution in [2.24, 2.45) is 5.92 Å². The molecule has 0 saturated heterocycles. The van der Waals surface area contributed by atoms with Crippen LogP contribution in [0.4, 0.5) is 0 Å². The Bertz CT molecular complexity index is 807. The number of phenolic OH excluding ortho intramolecular Hbond substituents is 2. The van der Waals surface area contributed by atoms with Gasteiger partial charge in [0.1, 0.15) is 17.3 Å². The molecule has 4 nitrogen and oxygen atoms in total. The highest BCUT2D eigenvalue weighted by Crippen LogP contribution is 2.45. The van der Waals surface area contributed by atoms with Crippen LogP contribution in [0.3, 0.4) is 0 Å². The van der Waals surface area contributed by atoms with Crippen LogP contribution < -0.4 is 0 Å². The maximum absolute atomic E-state index is 13.3. The molecule has 0 bridgehead atoms. The molecular formula is C21H20O4. The highest BCUT2D eigenvalue weighted by Gasteiger charge is 2.40. The number of rotatable bonds is 2. The number of hydrogen-bond acceptors (Lipinski definition) is 4. The second-order valence-corrected chi connectivity index (χ2v) is 6.98. The van der Waals surface area contributed by atoms with Gasteiger partial charge < -0.3 is 10.2 Å². The predicted molar refractivity (Wildman–Crippen MR) is 93.1 cm³/mol. The van der Waals surface area contributed by atoms with Gasteiger partial charge in [0.15, 0.2) is 0 Å². The Balaban J connectivity index is 1.91. The largest absolute Gasteiger partial charge is 0.507 e. The zero-order valence-corrected chi connectivity index (χ0v) is 13.9. The molecule has 2 aromatic carbocycles. The lowest BCUT2D eigenvalue weighted by molar-refractivity contribution is -0.124. The summed E-state index contributed by atoms with van der Waals surface area (Å²) in [6.45, 7) is 0. The third-order valence-electron chi connectivity index (χ3n) is 5.52. The molecule has 0 spiro atoms. The number of hydrogen-bond donors (Lipinski definition) is 2. The molecule has 128 valence electrons. The Kier molecular flexibility index (Phi) is 3.83. The Morgan fingerprint density at radius 1 is 0.840 bits per heavy atom. The van der Waals surface area contributed by atoms with Gasteiger partial charge in [-0.05, 0) is 36.1 Å². The summed E-state index contributed by atoms with van der Waals surface area (Å²) < 4.78 is 0. The summed E-state index contributed by atoms with van der Waals surface area (Å²) in [7, 11) is 0. The van der Waals surface area contributed by atoms with Gasteiger partial charge in [-0.25, -0.2) is 0 Å². The van der Waals surface area contributed by atoms with Crippen LogP contribution in [0, 0.1) is 5.92 Å². The number of fused-ring (bicyclic) bond motifs is 2. The van der Waals surface area contributed by atoms with E-state index in [-0.39, 0.29) is 34.3 Å². The number of carbonyl (C=O) groups excluding carboxylic acids is 2. The summed E-state index contributed by atoms with van der Waals surface area (Å²) in [6.07, 6.45) is 4.97. The molecule has 1 fully saturated rings. The van der Waals surface area contributed by atoms with Gasteiger partial charge in [0.2, 0.25) is 5.78 Å². The fourth-order valence-corrected chi connectivity index (χ4v) is 4.31. The quantitative estimate of drug-likeness (QED) is 0.871. The third kappa shape index (κ3) is 2.44. The number of phenols is 2. The zero-order valence-electron chi connectivity index (χ0n) is 13.9. The molecule has 4 heteroatoms. The average Bonchev–Trinajstić information content (AvgIpc) is 2.62. The first-order chi connectivity index (χ1) is 12.1. The first kappa shape index (κ1) is 15.9. The summed E-state index contributed by atoms with van der Waals surface area (Å²) >= 11 is 0. The molecule has 0 aromatic heterocycles. The predicted octanol–water partition coefficient (Wildman–Crippen LogP) is 3.92. The van der Waals surface area contributed by atoms with Crippen molar-refractivity contribution in [1.82, 2.24) is 0 Å². The molecule has 0 radical (unpaired) electrons. The Morgan fingerprint density at radius 3 is 1.88 bits per heavy atom. The second kappa shape index (κ2) is 6.03. The molecule has 0 atom stereocenters. The maximum atomic E-state index is 13.3. The molecule has 2 aliphatic rings. The number of aromatic hydroxyl groups is 2. The number of ketones is 2. The van der Waals surface area contributed by atoms with Crippen molar-refractivity contribution >= 4 is 11.6 Å². The molecule has 0 aliphatic heterocycles. The van der Waals surface area contributed by atoms with Gasteiger partial charge in [-0.2, -0.15) is 0 Å². The van der Waals surface area contributed by atoms with E-state index in [1.807, 2.05) is 0 Å². The van der Waals surface area contributed by atoms with Crippen LogP contribution in [0.25, 0.3) is 0 Å². The Morgan fingerprint density at radius 2 is 1.36 bits per heavy atom. The fourth-order valence-electron chi connectivity index (χ4n) is 4.31. The summed E-state index contributed by atoms with van der Waals surface area (Å²) in [5, 5.41) is 20.5. The minimum Gasteiger partial charge on any atom is -0.507 e. The van der Waals surface area contributed by atoms with Crippen LogP contribution in [0.2, 0.25) is 0 Å². The van der Waals surface area contributed by atoms with Gasteiger partial charge in [0.05, 0.1) is 17.0 Å². The summed E-state index contributed by atoms with van der Waals surface area (Å²) in [6, 6.07) is 9.71. The lowest BCUT2D eigenvalue weighted by Crippen LogP contribution is -2.30. The fraction of sp³-hybridized carbons (Fsp3) is 0.333. The van der Waals surface area contributed by atoms with Crippen LogP contribution in [0.15, 0.2) is 36.4 Å². The van der Waals surface area contributed by atoms with Gasteiger partial charge in [-0.3, -0.25) is 9.59 Å². The van der Waals surface area contributed by atoms with E-state index in [9.17, 15) is 19.8 Å². The number of benzene rings is 2. The highest BCUT2D eigenvalue weighted by molar-refractivity contribution is 6.18. The van der Waals surface area contributed by atoms with Crippen molar-refractivity contribution in [3.63, 3.8) is 0 Å². The van der Waals surface area contributed by atoms with Crippen molar-refractivity contribution in [2.75, 3.05) is 0 Å². The van der Waals surface area contributed by atoms with Crippen LogP contribution in [0.5, 0.6) is 11.5 Å². The normalized spacial score (nSPS) is 17.8. The van der Waals surface area contributed by atoms with Gasteiger partial charge >= 0.3 is 0 Å². The minimum atomic E-state index is -0.606. The van der Waals surface area contributed by atoms with Crippen molar-refractivity contribution in [3.8, 4) is 11.5 Å². The summed E-state index contributed by atoms with van der Waals surface area (Å²) in [5.41, 5.74) is 1.40. The molecule has 1 saturated carbocycles. The van der Waals surface area contributed by atoms with Crippen molar-refractivity contribution < 1.29 is 19.8 Å². The van der Waals surface area contributed by atoms with E-state index in [2.05, 4.69) is 0 Å². The maximum Gasteiger partial charge on any atom is 0.201 e. The monoisotopic (exact) mass is 336 g/mol. The van der Waals surface area contributed by atoms with Gasteiger partial charge in [0, 0.05) is 5.92 Å². The van der Waals surface area contributed by atoms with Gasteiger partial charge in [-0.15, -0.1) is 0 Å². The molecule has 2 aromatic rings. The number of Topliss-reactive ketones (excluding diaryl/α,β-unsaturated/α-hetero) is 1.